The SMILES string of the molecule is CCC(Nc1nc(NC)ncc1C)c1ccccc1. The summed E-state index contributed by atoms with van der Waals surface area (Å²) in [7, 11) is 1.82. The molecule has 0 aliphatic carbocycles. The summed E-state index contributed by atoms with van der Waals surface area (Å²) < 4.78 is 0. The van der Waals surface area contributed by atoms with Gasteiger partial charge in [0, 0.05) is 18.8 Å². The van der Waals surface area contributed by atoms with E-state index in [0.29, 0.717) is 5.95 Å². The summed E-state index contributed by atoms with van der Waals surface area (Å²) >= 11 is 0. The molecule has 0 aliphatic rings. The van der Waals surface area contributed by atoms with E-state index >= 15 is 0 Å². The molecule has 0 fully saturated rings. The first-order valence-electron chi connectivity index (χ1n) is 6.57. The third-order valence-electron chi connectivity index (χ3n) is 3.12. The van der Waals surface area contributed by atoms with Crippen molar-refractivity contribution in [1.29, 1.82) is 0 Å². The minimum atomic E-state index is 0.263. The van der Waals surface area contributed by atoms with E-state index in [0.717, 1.165) is 17.8 Å². The third kappa shape index (κ3) is 3.22. The third-order valence-corrected chi connectivity index (χ3v) is 3.12. The molecule has 0 saturated heterocycles. The zero-order valence-corrected chi connectivity index (χ0v) is 11.6. The average Bonchev–Trinajstić information content (AvgIpc) is 2.47. The van der Waals surface area contributed by atoms with E-state index < -0.39 is 0 Å². The lowest BCUT2D eigenvalue weighted by Crippen LogP contribution is -2.12. The van der Waals surface area contributed by atoms with Crippen molar-refractivity contribution in [3.05, 3.63) is 47.7 Å². The van der Waals surface area contributed by atoms with Crippen LogP contribution in [0.4, 0.5) is 11.8 Å². The summed E-state index contributed by atoms with van der Waals surface area (Å²) in [5.41, 5.74) is 2.32. The minimum absolute atomic E-state index is 0.263. The molecule has 1 heterocycles. The van der Waals surface area contributed by atoms with E-state index in [1.54, 1.807) is 0 Å². The maximum Gasteiger partial charge on any atom is 0.224 e. The topological polar surface area (TPSA) is 49.8 Å². The Balaban J connectivity index is 2.23. The predicted molar refractivity (Wildman–Crippen MR) is 79.4 cm³/mol. The van der Waals surface area contributed by atoms with Gasteiger partial charge in [0.15, 0.2) is 0 Å². The number of aromatic nitrogens is 2. The monoisotopic (exact) mass is 256 g/mol. The first kappa shape index (κ1) is 13.3. The van der Waals surface area contributed by atoms with Crippen molar-refractivity contribution in [3.63, 3.8) is 0 Å². The van der Waals surface area contributed by atoms with Crippen LogP contribution in [0, 0.1) is 6.92 Å². The van der Waals surface area contributed by atoms with Crippen molar-refractivity contribution >= 4 is 11.8 Å². The van der Waals surface area contributed by atoms with Gasteiger partial charge in [0.05, 0.1) is 6.04 Å². The van der Waals surface area contributed by atoms with E-state index in [2.05, 4.69) is 51.8 Å². The Morgan fingerprint density at radius 3 is 2.58 bits per heavy atom. The highest BCUT2D eigenvalue weighted by Crippen LogP contribution is 2.23. The van der Waals surface area contributed by atoms with Crippen LogP contribution in [-0.2, 0) is 0 Å². The molecular weight excluding hydrogens is 236 g/mol. The molecule has 4 heteroatoms. The Kier molecular flexibility index (Phi) is 4.34. The number of hydrogen-bond donors (Lipinski definition) is 2. The molecule has 1 aromatic heterocycles. The summed E-state index contributed by atoms with van der Waals surface area (Å²) in [5, 5.41) is 6.46. The number of rotatable bonds is 5. The lowest BCUT2D eigenvalue weighted by molar-refractivity contribution is 0.742. The Labute approximate surface area is 114 Å². The maximum atomic E-state index is 4.47. The second kappa shape index (κ2) is 6.18. The van der Waals surface area contributed by atoms with Crippen molar-refractivity contribution in [1.82, 2.24) is 9.97 Å². The van der Waals surface area contributed by atoms with Crippen molar-refractivity contribution in [2.24, 2.45) is 0 Å². The molecule has 19 heavy (non-hydrogen) atoms. The Morgan fingerprint density at radius 1 is 1.21 bits per heavy atom. The molecule has 4 nitrogen and oxygen atoms in total. The Hall–Kier alpha value is -2.10. The normalized spacial score (nSPS) is 11.9. The van der Waals surface area contributed by atoms with Crippen LogP contribution in [-0.4, -0.2) is 17.0 Å². The lowest BCUT2D eigenvalue weighted by atomic mass is 10.0. The van der Waals surface area contributed by atoms with Gasteiger partial charge in [-0.15, -0.1) is 0 Å². The van der Waals surface area contributed by atoms with E-state index in [-0.39, 0.29) is 6.04 Å². The van der Waals surface area contributed by atoms with Crippen LogP contribution in [0.25, 0.3) is 0 Å². The van der Waals surface area contributed by atoms with Crippen LogP contribution in [0.5, 0.6) is 0 Å². The molecule has 0 amide bonds. The van der Waals surface area contributed by atoms with Gasteiger partial charge in [-0.1, -0.05) is 37.3 Å². The van der Waals surface area contributed by atoms with Gasteiger partial charge in [0.1, 0.15) is 5.82 Å². The summed E-state index contributed by atoms with van der Waals surface area (Å²) in [5.74, 6) is 1.52. The maximum absolute atomic E-state index is 4.47. The van der Waals surface area contributed by atoms with Crippen LogP contribution in [0.1, 0.15) is 30.5 Å². The molecule has 1 unspecified atom stereocenters. The minimum Gasteiger partial charge on any atom is -0.363 e. The van der Waals surface area contributed by atoms with Crippen LogP contribution < -0.4 is 10.6 Å². The van der Waals surface area contributed by atoms with Gasteiger partial charge in [-0.2, -0.15) is 4.98 Å². The van der Waals surface area contributed by atoms with Gasteiger partial charge in [-0.3, -0.25) is 0 Å². The molecule has 2 N–H and O–H groups in total. The Morgan fingerprint density at radius 2 is 1.95 bits per heavy atom. The fourth-order valence-corrected chi connectivity index (χ4v) is 1.98. The second-order valence-electron chi connectivity index (χ2n) is 4.49. The highest BCUT2D eigenvalue weighted by atomic mass is 15.1. The smallest absolute Gasteiger partial charge is 0.224 e. The zero-order chi connectivity index (χ0) is 13.7. The van der Waals surface area contributed by atoms with Crippen LogP contribution in [0.2, 0.25) is 0 Å². The highest BCUT2D eigenvalue weighted by Gasteiger charge is 2.11. The zero-order valence-electron chi connectivity index (χ0n) is 11.6. The summed E-state index contributed by atoms with van der Waals surface area (Å²) in [6, 6.07) is 10.7. The van der Waals surface area contributed by atoms with E-state index in [9.17, 15) is 0 Å². The highest BCUT2D eigenvalue weighted by molar-refractivity contribution is 5.48. The lowest BCUT2D eigenvalue weighted by Gasteiger charge is -2.19. The molecular formula is C15H20N4. The predicted octanol–water partition coefficient (Wildman–Crippen LogP) is 3.39. The average molecular weight is 256 g/mol. The fraction of sp³-hybridized carbons (Fsp3) is 0.333. The van der Waals surface area contributed by atoms with E-state index in [1.807, 2.05) is 26.2 Å². The Bertz CT molecular complexity index is 525. The second-order valence-corrected chi connectivity index (χ2v) is 4.49. The number of nitrogens with zero attached hydrogens (tertiary/aromatic N) is 2. The molecule has 0 radical (unpaired) electrons. The van der Waals surface area contributed by atoms with E-state index in [1.165, 1.54) is 5.56 Å². The van der Waals surface area contributed by atoms with Gasteiger partial charge in [0.2, 0.25) is 5.95 Å². The van der Waals surface area contributed by atoms with Crippen LogP contribution >= 0.6 is 0 Å². The summed E-state index contributed by atoms with van der Waals surface area (Å²) in [4.78, 5) is 8.67. The molecule has 1 atom stereocenters. The van der Waals surface area contributed by atoms with Gasteiger partial charge in [0.25, 0.3) is 0 Å². The molecule has 2 aromatic rings. The summed E-state index contributed by atoms with van der Waals surface area (Å²) in [6.45, 7) is 4.18. The van der Waals surface area contributed by atoms with E-state index in [4.69, 9.17) is 0 Å². The quantitative estimate of drug-likeness (QED) is 0.861. The molecule has 100 valence electrons. The molecule has 1 aromatic carbocycles. The number of nitrogens with one attached hydrogen (secondary N) is 2. The largest absolute Gasteiger partial charge is 0.363 e. The fourth-order valence-electron chi connectivity index (χ4n) is 1.98. The molecule has 0 aliphatic heterocycles. The standard InChI is InChI=1S/C15H20N4/c1-4-13(12-8-6-5-7-9-12)18-14-11(2)10-17-15(16-3)19-14/h5-10,13H,4H2,1-3H3,(H2,16,17,18,19). The van der Waals surface area contributed by atoms with Crippen molar-refractivity contribution in [2.45, 2.75) is 26.3 Å². The van der Waals surface area contributed by atoms with Crippen LogP contribution in [0.3, 0.4) is 0 Å². The summed E-state index contributed by atoms with van der Waals surface area (Å²) in [6.07, 6.45) is 2.83. The van der Waals surface area contributed by atoms with Crippen molar-refractivity contribution < 1.29 is 0 Å². The first-order valence-corrected chi connectivity index (χ1v) is 6.57. The molecule has 0 spiro atoms. The van der Waals surface area contributed by atoms with Gasteiger partial charge in [-0.25, -0.2) is 4.98 Å². The van der Waals surface area contributed by atoms with Gasteiger partial charge < -0.3 is 10.6 Å². The number of aryl methyl sites for hydroxylation is 1. The van der Waals surface area contributed by atoms with Crippen molar-refractivity contribution in [2.75, 3.05) is 17.7 Å². The van der Waals surface area contributed by atoms with Gasteiger partial charge >= 0.3 is 0 Å². The molecule has 0 saturated carbocycles. The number of anilines is 2. The van der Waals surface area contributed by atoms with Crippen LogP contribution in [0.15, 0.2) is 36.5 Å². The molecule has 2 rings (SSSR count). The number of benzene rings is 1. The number of hydrogen-bond acceptors (Lipinski definition) is 4. The first-order chi connectivity index (χ1) is 9.24. The molecule has 0 bridgehead atoms. The van der Waals surface area contributed by atoms with Crippen molar-refractivity contribution in [3.8, 4) is 0 Å². The van der Waals surface area contributed by atoms with Gasteiger partial charge in [-0.05, 0) is 18.9 Å².